The van der Waals surface area contributed by atoms with Gasteiger partial charge >= 0.3 is 17.9 Å². The van der Waals surface area contributed by atoms with Gasteiger partial charge in [-0.25, -0.2) is 4.79 Å². The highest BCUT2D eigenvalue weighted by Crippen LogP contribution is 2.56. The molecule has 9 heteroatoms. The Balaban J connectivity index is 1.72. The van der Waals surface area contributed by atoms with E-state index in [-0.39, 0.29) is 24.7 Å². The average Bonchev–Trinajstić information content (AvgIpc) is 3.22. The van der Waals surface area contributed by atoms with Gasteiger partial charge in [-0.05, 0) is 43.2 Å². The van der Waals surface area contributed by atoms with Crippen LogP contribution in [0, 0.1) is 22.7 Å². The van der Waals surface area contributed by atoms with Gasteiger partial charge in [-0.15, -0.1) is 0 Å². The van der Waals surface area contributed by atoms with Crippen molar-refractivity contribution in [1.29, 1.82) is 10.5 Å². The van der Waals surface area contributed by atoms with Crippen LogP contribution < -0.4 is 4.74 Å². The maximum absolute atomic E-state index is 13.1. The molecule has 194 valence electrons. The average molecular weight is 523 g/mol. The van der Waals surface area contributed by atoms with Crippen LogP contribution in [0.2, 0.25) is 0 Å². The summed E-state index contributed by atoms with van der Waals surface area (Å²) in [6.45, 7) is 3.53. The van der Waals surface area contributed by atoms with E-state index < -0.39 is 35.3 Å². The second-order valence-electron chi connectivity index (χ2n) is 8.86. The first-order valence-electron chi connectivity index (χ1n) is 12.3. The van der Waals surface area contributed by atoms with Crippen molar-refractivity contribution in [2.75, 3.05) is 13.2 Å². The third-order valence-electron chi connectivity index (χ3n) is 6.73. The maximum Gasteiger partial charge on any atom is 0.340 e. The van der Waals surface area contributed by atoms with Crippen molar-refractivity contribution in [3.63, 3.8) is 0 Å². The Labute approximate surface area is 224 Å². The Kier molecular flexibility index (Phi) is 6.51. The van der Waals surface area contributed by atoms with E-state index in [1.165, 1.54) is 0 Å². The zero-order valence-corrected chi connectivity index (χ0v) is 21.1. The molecule has 2 atom stereocenters. The first-order chi connectivity index (χ1) is 18.9. The van der Waals surface area contributed by atoms with Crippen LogP contribution in [0.4, 0.5) is 0 Å². The topological polar surface area (TPSA) is 136 Å². The summed E-state index contributed by atoms with van der Waals surface area (Å²) in [5.74, 6) is -3.83. The number of esters is 3. The highest BCUT2D eigenvalue weighted by atomic mass is 16.6. The van der Waals surface area contributed by atoms with Crippen LogP contribution in [-0.4, -0.2) is 31.1 Å². The van der Waals surface area contributed by atoms with Crippen molar-refractivity contribution in [2.24, 2.45) is 0 Å². The van der Waals surface area contributed by atoms with E-state index in [0.29, 0.717) is 33.4 Å². The molecule has 0 fully saturated rings. The quantitative estimate of drug-likeness (QED) is 0.336. The standard InChI is InChI=1S/C30H22N2O7/c1-3-36-27(33)20(15-31)17-9-11-23-25(13-17)38-26-14-18(21(16-32)28(34)37-4-2)10-12-24(26)30(23)22-8-6-5-7-19(22)29(35)39-30/h5-14,20-21H,3-4H2,1-2H3. The monoisotopic (exact) mass is 522 g/mol. The van der Waals surface area contributed by atoms with Crippen molar-refractivity contribution in [1.82, 2.24) is 0 Å². The zero-order valence-electron chi connectivity index (χ0n) is 21.1. The smallest absolute Gasteiger partial charge is 0.340 e. The molecule has 1 spiro atoms. The van der Waals surface area contributed by atoms with Gasteiger partial charge in [0.2, 0.25) is 0 Å². The number of rotatable bonds is 6. The van der Waals surface area contributed by atoms with Gasteiger partial charge in [0.1, 0.15) is 11.5 Å². The molecule has 2 heterocycles. The highest BCUT2D eigenvalue weighted by Gasteiger charge is 2.53. The fourth-order valence-corrected chi connectivity index (χ4v) is 5.05. The summed E-state index contributed by atoms with van der Waals surface area (Å²) in [5, 5.41) is 19.4. The van der Waals surface area contributed by atoms with Crippen LogP contribution in [0.25, 0.3) is 0 Å². The molecule has 2 unspecified atom stereocenters. The molecule has 3 aromatic carbocycles. The number of carbonyl (C=O) groups excluding carboxylic acids is 3. The zero-order chi connectivity index (χ0) is 27.7. The summed E-state index contributed by atoms with van der Waals surface area (Å²) < 4.78 is 22.5. The second-order valence-corrected chi connectivity index (χ2v) is 8.86. The normalized spacial score (nSPS) is 17.7. The van der Waals surface area contributed by atoms with E-state index in [1.54, 1.807) is 74.5 Å². The van der Waals surface area contributed by atoms with Crippen LogP contribution in [0.15, 0.2) is 60.7 Å². The molecule has 2 aliphatic heterocycles. The van der Waals surface area contributed by atoms with Gasteiger partial charge in [0.25, 0.3) is 0 Å². The molecule has 5 rings (SSSR count). The molecule has 0 amide bonds. The van der Waals surface area contributed by atoms with Crippen LogP contribution in [0.3, 0.4) is 0 Å². The molecule has 3 aromatic rings. The molecule has 0 aliphatic carbocycles. The molecule has 0 N–H and O–H groups in total. The molecule has 0 radical (unpaired) electrons. The van der Waals surface area contributed by atoms with Crippen molar-refractivity contribution < 1.29 is 33.3 Å². The fraction of sp³-hybridized carbons (Fsp3) is 0.233. The largest absolute Gasteiger partial charge is 0.465 e. The predicted molar refractivity (Wildman–Crippen MR) is 135 cm³/mol. The van der Waals surface area contributed by atoms with Crippen molar-refractivity contribution in [3.8, 4) is 23.6 Å². The van der Waals surface area contributed by atoms with E-state index in [9.17, 15) is 24.9 Å². The first-order valence-corrected chi connectivity index (χ1v) is 12.3. The molecule has 0 saturated carbocycles. The van der Waals surface area contributed by atoms with E-state index >= 15 is 0 Å². The lowest BCUT2D eigenvalue weighted by Gasteiger charge is -2.37. The number of nitriles is 2. The third-order valence-corrected chi connectivity index (χ3v) is 6.73. The Bertz CT molecular complexity index is 1510. The summed E-state index contributed by atoms with van der Waals surface area (Å²) in [5.41, 5.74) is 1.23. The summed E-state index contributed by atoms with van der Waals surface area (Å²) in [7, 11) is 0. The molecular formula is C30H22N2O7. The van der Waals surface area contributed by atoms with Gasteiger partial charge in [-0.1, -0.05) is 42.5 Å². The summed E-state index contributed by atoms with van der Waals surface area (Å²) in [6.07, 6.45) is 0. The lowest BCUT2D eigenvalue weighted by molar-refractivity contribution is -0.144. The second kappa shape index (κ2) is 9.96. The Morgan fingerprint density at radius 1 is 0.821 bits per heavy atom. The van der Waals surface area contributed by atoms with E-state index in [4.69, 9.17) is 18.9 Å². The number of benzene rings is 3. The van der Waals surface area contributed by atoms with Gasteiger partial charge in [0, 0.05) is 16.7 Å². The molecule has 0 aromatic heterocycles. The first kappa shape index (κ1) is 25.5. The Morgan fingerprint density at radius 3 is 1.82 bits per heavy atom. The molecule has 39 heavy (non-hydrogen) atoms. The molecule has 0 saturated heterocycles. The number of carbonyl (C=O) groups is 3. The Morgan fingerprint density at radius 2 is 1.33 bits per heavy atom. The van der Waals surface area contributed by atoms with Gasteiger partial charge in [0.05, 0.1) is 30.9 Å². The minimum absolute atomic E-state index is 0.116. The van der Waals surface area contributed by atoms with Crippen LogP contribution in [0.1, 0.15) is 63.9 Å². The number of nitrogens with zero attached hydrogens (tertiary/aromatic N) is 2. The summed E-state index contributed by atoms with van der Waals surface area (Å²) in [4.78, 5) is 37.9. The van der Waals surface area contributed by atoms with Crippen molar-refractivity contribution >= 4 is 17.9 Å². The fourth-order valence-electron chi connectivity index (χ4n) is 5.05. The van der Waals surface area contributed by atoms with Crippen molar-refractivity contribution in [2.45, 2.75) is 31.3 Å². The van der Waals surface area contributed by atoms with Gasteiger partial charge in [-0.3, -0.25) is 9.59 Å². The van der Waals surface area contributed by atoms with Crippen LogP contribution in [0.5, 0.6) is 11.5 Å². The SMILES string of the molecule is CCOC(=O)C(C#N)c1ccc2c(c1)Oc1cc(C(C#N)C(=O)OCC)ccc1C21OC(=O)c2ccccc21. The number of ether oxygens (including phenoxy) is 4. The van der Waals surface area contributed by atoms with Gasteiger partial charge in [0.15, 0.2) is 17.4 Å². The minimum atomic E-state index is -1.40. The molecule has 9 nitrogen and oxygen atoms in total. The lowest BCUT2D eigenvalue weighted by atomic mass is 9.76. The summed E-state index contributed by atoms with van der Waals surface area (Å²) >= 11 is 0. The van der Waals surface area contributed by atoms with E-state index in [0.717, 1.165) is 0 Å². The van der Waals surface area contributed by atoms with E-state index in [1.807, 2.05) is 12.1 Å². The van der Waals surface area contributed by atoms with Crippen molar-refractivity contribution in [3.05, 3.63) is 94.0 Å². The van der Waals surface area contributed by atoms with Crippen LogP contribution in [-0.2, 0) is 29.4 Å². The lowest BCUT2D eigenvalue weighted by Crippen LogP contribution is -2.33. The van der Waals surface area contributed by atoms with Gasteiger partial charge in [-0.2, -0.15) is 10.5 Å². The molecule has 2 aliphatic rings. The number of hydrogen-bond donors (Lipinski definition) is 0. The van der Waals surface area contributed by atoms with Gasteiger partial charge < -0.3 is 18.9 Å². The highest BCUT2D eigenvalue weighted by molar-refractivity contribution is 5.97. The predicted octanol–water partition coefficient (Wildman–Crippen LogP) is 4.60. The molecular weight excluding hydrogens is 500 g/mol. The number of fused-ring (bicyclic) bond motifs is 6. The third kappa shape index (κ3) is 3.96. The van der Waals surface area contributed by atoms with Crippen LogP contribution >= 0.6 is 0 Å². The Hall–Kier alpha value is -5.15. The maximum atomic E-state index is 13.1. The minimum Gasteiger partial charge on any atom is -0.465 e. The number of hydrogen-bond acceptors (Lipinski definition) is 9. The molecule has 0 bridgehead atoms. The van der Waals surface area contributed by atoms with E-state index in [2.05, 4.69) is 0 Å². The summed E-state index contributed by atoms with van der Waals surface area (Å²) in [6, 6.07) is 20.5.